The van der Waals surface area contributed by atoms with Gasteiger partial charge in [0, 0.05) is 18.0 Å². The lowest BCUT2D eigenvalue weighted by Gasteiger charge is -2.24. The van der Waals surface area contributed by atoms with Gasteiger partial charge in [-0.3, -0.25) is 4.79 Å². The van der Waals surface area contributed by atoms with Crippen LogP contribution < -0.4 is 0 Å². The van der Waals surface area contributed by atoms with Crippen molar-refractivity contribution in [2.24, 2.45) is 0 Å². The predicted molar refractivity (Wildman–Crippen MR) is 102 cm³/mol. The maximum Gasteiger partial charge on any atom is 0.259 e. The Kier molecular flexibility index (Phi) is 4.11. The van der Waals surface area contributed by atoms with Crippen LogP contribution in [0, 0.1) is 5.82 Å². The van der Waals surface area contributed by atoms with Gasteiger partial charge in [-0.2, -0.15) is 5.10 Å². The highest BCUT2D eigenvalue weighted by molar-refractivity contribution is 6.33. The molecular formula is C20H20ClFN4O. The first kappa shape index (κ1) is 17.8. The van der Waals surface area contributed by atoms with Gasteiger partial charge >= 0.3 is 0 Å². The number of aromatic nitrogens is 3. The van der Waals surface area contributed by atoms with Crippen LogP contribution in [0.3, 0.4) is 0 Å². The largest absolute Gasteiger partial charge is 0.328 e. The van der Waals surface area contributed by atoms with Crippen molar-refractivity contribution < 1.29 is 9.18 Å². The lowest BCUT2D eigenvalue weighted by atomic mass is 10.1. The van der Waals surface area contributed by atoms with Gasteiger partial charge in [0.25, 0.3) is 5.91 Å². The SMILES string of the molecule is CC(C)(C)n1nc2c(c1-n1cccc1)CN(C(=O)c1c(F)cccc1Cl)C2. The van der Waals surface area contributed by atoms with Crippen LogP contribution in [0.25, 0.3) is 5.82 Å². The van der Waals surface area contributed by atoms with Crippen LogP contribution in [0.4, 0.5) is 4.39 Å². The summed E-state index contributed by atoms with van der Waals surface area (Å²) in [5, 5.41) is 4.88. The molecule has 3 heterocycles. The zero-order chi connectivity index (χ0) is 19.3. The second kappa shape index (κ2) is 6.23. The molecule has 1 aromatic carbocycles. The molecular weight excluding hydrogens is 367 g/mol. The average molecular weight is 387 g/mol. The van der Waals surface area contributed by atoms with E-state index >= 15 is 0 Å². The van der Waals surface area contributed by atoms with Gasteiger partial charge in [0.15, 0.2) is 0 Å². The maximum atomic E-state index is 14.2. The van der Waals surface area contributed by atoms with E-state index in [0.717, 1.165) is 17.1 Å². The summed E-state index contributed by atoms with van der Waals surface area (Å²) in [4.78, 5) is 14.5. The van der Waals surface area contributed by atoms with Gasteiger partial charge in [-0.25, -0.2) is 9.07 Å². The summed E-state index contributed by atoms with van der Waals surface area (Å²) >= 11 is 6.07. The minimum Gasteiger partial charge on any atom is -0.328 e. The molecule has 0 aliphatic carbocycles. The molecule has 0 atom stereocenters. The van der Waals surface area contributed by atoms with E-state index in [1.165, 1.54) is 18.2 Å². The fourth-order valence-electron chi connectivity index (χ4n) is 3.41. The molecule has 1 amide bonds. The zero-order valence-electron chi connectivity index (χ0n) is 15.4. The van der Waals surface area contributed by atoms with Crippen LogP contribution in [0.1, 0.15) is 42.4 Å². The van der Waals surface area contributed by atoms with Crippen molar-refractivity contribution >= 4 is 17.5 Å². The Hall–Kier alpha value is -2.60. The van der Waals surface area contributed by atoms with Gasteiger partial charge in [-0.05, 0) is 45.0 Å². The fourth-order valence-corrected chi connectivity index (χ4v) is 3.66. The second-order valence-corrected chi connectivity index (χ2v) is 8.09. The number of carbonyl (C=O) groups excluding carboxylic acids is 1. The minimum atomic E-state index is -0.609. The zero-order valence-corrected chi connectivity index (χ0v) is 16.2. The van der Waals surface area contributed by atoms with Gasteiger partial charge in [-0.1, -0.05) is 17.7 Å². The highest BCUT2D eigenvalue weighted by Gasteiger charge is 2.35. The van der Waals surface area contributed by atoms with Gasteiger partial charge < -0.3 is 9.47 Å². The Bertz CT molecular complexity index is 997. The molecule has 0 bridgehead atoms. The summed E-state index contributed by atoms with van der Waals surface area (Å²) in [6, 6.07) is 8.16. The van der Waals surface area contributed by atoms with Gasteiger partial charge in [0.05, 0.1) is 34.9 Å². The van der Waals surface area contributed by atoms with E-state index in [1.54, 1.807) is 4.90 Å². The normalized spacial score (nSPS) is 13.9. The third-order valence-electron chi connectivity index (χ3n) is 4.68. The topological polar surface area (TPSA) is 43.1 Å². The molecule has 0 saturated heterocycles. The number of benzene rings is 1. The number of hydrogen-bond acceptors (Lipinski definition) is 2. The molecule has 2 aromatic heterocycles. The van der Waals surface area contributed by atoms with Crippen LogP contribution in [0.2, 0.25) is 5.02 Å². The minimum absolute atomic E-state index is 0.0875. The first-order valence-corrected chi connectivity index (χ1v) is 9.13. The lowest BCUT2D eigenvalue weighted by Crippen LogP contribution is -2.30. The molecule has 4 rings (SSSR count). The molecule has 140 valence electrons. The van der Waals surface area contributed by atoms with Crippen LogP contribution in [-0.2, 0) is 18.6 Å². The molecule has 0 unspecified atom stereocenters. The number of rotatable bonds is 2. The number of amides is 1. The summed E-state index contributed by atoms with van der Waals surface area (Å²) in [6.45, 7) is 6.96. The van der Waals surface area contributed by atoms with Crippen molar-refractivity contribution in [1.29, 1.82) is 0 Å². The number of fused-ring (bicyclic) bond motifs is 1. The van der Waals surface area contributed by atoms with Crippen molar-refractivity contribution in [3.63, 3.8) is 0 Å². The number of halogens is 2. The summed E-state index contributed by atoms with van der Waals surface area (Å²) in [7, 11) is 0. The Balaban J connectivity index is 1.74. The van der Waals surface area contributed by atoms with Crippen LogP contribution in [-0.4, -0.2) is 25.2 Å². The summed E-state index contributed by atoms with van der Waals surface area (Å²) in [6.07, 6.45) is 3.91. The third kappa shape index (κ3) is 2.94. The fraction of sp³-hybridized carbons (Fsp3) is 0.300. The maximum absolute atomic E-state index is 14.2. The van der Waals surface area contributed by atoms with E-state index in [-0.39, 0.29) is 16.1 Å². The van der Waals surface area contributed by atoms with E-state index in [9.17, 15) is 9.18 Å². The first-order valence-electron chi connectivity index (χ1n) is 8.75. The Morgan fingerprint density at radius 1 is 1.15 bits per heavy atom. The van der Waals surface area contributed by atoms with E-state index in [0.29, 0.717) is 13.1 Å². The molecule has 1 aliphatic rings. The summed E-state index contributed by atoms with van der Waals surface area (Å²) in [5.41, 5.74) is 1.50. The van der Waals surface area contributed by atoms with Crippen LogP contribution >= 0.6 is 11.6 Å². The molecule has 0 fully saturated rings. The highest BCUT2D eigenvalue weighted by Crippen LogP contribution is 2.33. The Morgan fingerprint density at radius 3 is 2.48 bits per heavy atom. The van der Waals surface area contributed by atoms with E-state index < -0.39 is 11.7 Å². The summed E-state index contributed by atoms with van der Waals surface area (Å²) < 4.78 is 18.2. The molecule has 0 radical (unpaired) electrons. The number of nitrogens with zero attached hydrogens (tertiary/aromatic N) is 4. The standard InChI is InChI=1S/C20H20ClFN4O/c1-20(2,3)26-18(24-9-4-5-10-24)13-11-25(12-16(13)23-26)19(27)17-14(21)7-6-8-15(17)22/h4-10H,11-12H2,1-3H3. The lowest BCUT2D eigenvalue weighted by molar-refractivity contribution is 0.0744. The van der Waals surface area contributed by atoms with E-state index in [1.807, 2.05) is 33.8 Å². The molecule has 0 spiro atoms. The van der Waals surface area contributed by atoms with Gasteiger partial charge in [0.2, 0.25) is 0 Å². The molecule has 27 heavy (non-hydrogen) atoms. The molecule has 0 saturated carbocycles. The van der Waals surface area contributed by atoms with Crippen LogP contribution in [0.5, 0.6) is 0 Å². The number of carbonyl (C=O) groups is 1. The van der Waals surface area contributed by atoms with Crippen molar-refractivity contribution in [3.05, 3.63) is 70.4 Å². The predicted octanol–water partition coefficient (Wildman–Crippen LogP) is 4.38. The average Bonchev–Trinajstić information content (AvgIpc) is 3.28. The highest BCUT2D eigenvalue weighted by atomic mass is 35.5. The summed E-state index contributed by atoms with van der Waals surface area (Å²) in [5.74, 6) is -0.100. The Morgan fingerprint density at radius 2 is 1.85 bits per heavy atom. The third-order valence-corrected chi connectivity index (χ3v) is 4.99. The van der Waals surface area contributed by atoms with Crippen molar-refractivity contribution in [1.82, 2.24) is 19.2 Å². The quantitative estimate of drug-likeness (QED) is 0.656. The van der Waals surface area contributed by atoms with Crippen molar-refractivity contribution in [3.8, 4) is 5.82 Å². The van der Waals surface area contributed by atoms with E-state index in [2.05, 4.69) is 20.8 Å². The molecule has 5 nitrogen and oxygen atoms in total. The number of hydrogen-bond donors (Lipinski definition) is 0. The van der Waals surface area contributed by atoms with Crippen LogP contribution in [0.15, 0.2) is 42.7 Å². The van der Waals surface area contributed by atoms with Crippen molar-refractivity contribution in [2.45, 2.75) is 39.4 Å². The second-order valence-electron chi connectivity index (χ2n) is 7.68. The molecule has 1 aliphatic heterocycles. The molecule has 7 heteroatoms. The van der Waals surface area contributed by atoms with E-state index in [4.69, 9.17) is 16.7 Å². The Labute approximate surface area is 162 Å². The van der Waals surface area contributed by atoms with Crippen molar-refractivity contribution in [2.75, 3.05) is 0 Å². The smallest absolute Gasteiger partial charge is 0.259 e. The van der Waals surface area contributed by atoms with Gasteiger partial charge in [0.1, 0.15) is 11.6 Å². The first-order chi connectivity index (χ1) is 12.8. The van der Waals surface area contributed by atoms with Gasteiger partial charge in [-0.15, -0.1) is 0 Å². The molecule has 3 aromatic rings. The monoisotopic (exact) mass is 386 g/mol. The molecule has 0 N–H and O–H groups in total.